The van der Waals surface area contributed by atoms with Gasteiger partial charge in [-0.25, -0.2) is 9.78 Å². The van der Waals surface area contributed by atoms with Gasteiger partial charge in [0.15, 0.2) is 11.6 Å². The molecule has 1 fully saturated rings. The normalized spacial score (nSPS) is 16.1. The zero-order chi connectivity index (χ0) is 26.9. The second-order valence-electron chi connectivity index (χ2n) is 10.3. The summed E-state index contributed by atoms with van der Waals surface area (Å²) in [6.45, 7) is 15.4. The van der Waals surface area contributed by atoms with E-state index in [0.717, 1.165) is 17.1 Å². The third-order valence-electron chi connectivity index (χ3n) is 5.97. The first kappa shape index (κ1) is 26.2. The number of carbonyl (C=O) groups is 2. The number of imidazole rings is 1. The average molecular weight is 510 g/mol. The molecule has 198 valence electrons. The monoisotopic (exact) mass is 509 g/mol. The molecule has 1 aliphatic rings. The predicted octanol–water partition coefficient (Wildman–Crippen LogP) is 3.84. The summed E-state index contributed by atoms with van der Waals surface area (Å²) >= 11 is 0. The largest absolute Gasteiger partial charge is 0.493 e. The average Bonchev–Trinajstić information content (AvgIpc) is 3.16. The van der Waals surface area contributed by atoms with Gasteiger partial charge in [0.2, 0.25) is 0 Å². The van der Waals surface area contributed by atoms with Crippen molar-refractivity contribution in [1.29, 1.82) is 0 Å². The molecule has 3 aromatic rings. The number of fused-ring (bicyclic) bond motifs is 1. The van der Waals surface area contributed by atoms with Crippen LogP contribution in [0.5, 0.6) is 5.75 Å². The summed E-state index contributed by atoms with van der Waals surface area (Å²) < 4.78 is 13.0. The Morgan fingerprint density at radius 2 is 1.89 bits per heavy atom. The fourth-order valence-electron chi connectivity index (χ4n) is 4.37. The molecular weight excluding hydrogens is 474 g/mol. The van der Waals surface area contributed by atoms with Crippen LogP contribution in [0.2, 0.25) is 0 Å². The molecule has 11 heteroatoms. The summed E-state index contributed by atoms with van der Waals surface area (Å²) in [5.74, 6) is 1.17. The number of nitrogens with zero attached hydrogens (tertiary/aromatic N) is 6. The highest BCUT2D eigenvalue weighted by Gasteiger charge is 2.32. The number of aryl methyl sites for hydroxylation is 2. The summed E-state index contributed by atoms with van der Waals surface area (Å²) in [4.78, 5) is 34.0. The van der Waals surface area contributed by atoms with E-state index in [0.29, 0.717) is 49.0 Å². The molecule has 3 aromatic heterocycles. The Morgan fingerprint density at radius 1 is 1.14 bits per heavy atom. The van der Waals surface area contributed by atoms with Crippen molar-refractivity contribution in [1.82, 2.24) is 24.5 Å². The zero-order valence-electron chi connectivity index (χ0n) is 22.5. The predicted molar refractivity (Wildman–Crippen MR) is 140 cm³/mol. The van der Waals surface area contributed by atoms with Crippen molar-refractivity contribution in [2.75, 3.05) is 36.5 Å². The van der Waals surface area contributed by atoms with Crippen LogP contribution in [0, 0.1) is 13.8 Å². The smallest absolute Gasteiger partial charge is 0.410 e. The SMILES string of the molecule is CCOc1cc2nc(C)cn2cc1C(=O)Nc1cc(C)c(N2CCN(C(=O)OC(C)(C)C)[C@@H](C)C2)nn1. The summed E-state index contributed by atoms with van der Waals surface area (Å²) in [6.07, 6.45) is 3.25. The highest BCUT2D eigenvalue weighted by Crippen LogP contribution is 2.25. The van der Waals surface area contributed by atoms with Gasteiger partial charge >= 0.3 is 6.09 Å². The van der Waals surface area contributed by atoms with Gasteiger partial charge in [0.1, 0.15) is 17.0 Å². The molecule has 0 aromatic carbocycles. The summed E-state index contributed by atoms with van der Waals surface area (Å²) in [5.41, 5.74) is 2.26. The standard InChI is InChI=1S/C26H35N7O4/c1-8-36-20-12-22-27-17(3)13-32(22)15-19(20)24(34)28-21-11-16(2)23(30-29-21)31-9-10-33(18(4)14-31)25(35)37-26(5,6)7/h11-13,15,18H,8-10,14H2,1-7H3,(H,28,29,34)/t18-/m0/s1. The number of ether oxygens (including phenoxy) is 2. The van der Waals surface area contributed by atoms with Crippen LogP contribution in [0.25, 0.3) is 5.65 Å². The van der Waals surface area contributed by atoms with E-state index >= 15 is 0 Å². The lowest BCUT2D eigenvalue weighted by molar-refractivity contribution is 0.0158. The molecule has 0 saturated carbocycles. The molecule has 11 nitrogen and oxygen atoms in total. The molecular formula is C26H35N7O4. The molecule has 4 rings (SSSR count). The topological polar surface area (TPSA) is 114 Å². The number of carbonyl (C=O) groups excluding carboxylic acids is 2. The molecule has 0 unspecified atom stereocenters. The van der Waals surface area contributed by atoms with Crippen molar-refractivity contribution in [2.45, 2.75) is 60.1 Å². The minimum atomic E-state index is -0.539. The van der Waals surface area contributed by atoms with Crippen LogP contribution in [-0.2, 0) is 4.74 Å². The first-order chi connectivity index (χ1) is 17.4. The van der Waals surface area contributed by atoms with Crippen LogP contribution < -0.4 is 15.0 Å². The Balaban J connectivity index is 1.47. The van der Waals surface area contributed by atoms with E-state index in [1.807, 2.05) is 54.7 Å². The zero-order valence-corrected chi connectivity index (χ0v) is 22.5. The van der Waals surface area contributed by atoms with E-state index in [1.165, 1.54) is 0 Å². The summed E-state index contributed by atoms with van der Waals surface area (Å²) in [6, 6.07) is 3.50. The molecule has 0 bridgehead atoms. The number of pyridine rings is 1. The molecule has 0 spiro atoms. The van der Waals surface area contributed by atoms with Crippen LogP contribution in [0.15, 0.2) is 24.5 Å². The van der Waals surface area contributed by atoms with Crippen molar-refractivity contribution in [3.8, 4) is 5.75 Å². The molecule has 1 atom stereocenters. The van der Waals surface area contributed by atoms with Crippen molar-refractivity contribution in [2.24, 2.45) is 0 Å². The minimum Gasteiger partial charge on any atom is -0.493 e. The highest BCUT2D eigenvalue weighted by molar-refractivity contribution is 6.05. The number of piperazine rings is 1. The van der Waals surface area contributed by atoms with Gasteiger partial charge in [0.25, 0.3) is 5.91 Å². The van der Waals surface area contributed by atoms with Gasteiger partial charge in [0, 0.05) is 44.1 Å². The van der Waals surface area contributed by atoms with Gasteiger partial charge in [-0.15, -0.1) is 10.2 Å². The third-order valence-corrected chi connectivity index (χ3v) is 5.97. The van der Waals surface area contributed by atoms with E-state index < -0.39 is 5.60 Å². The van der Waals surface area contributed by atoms with Gasteiger partial charge in [-0.3, -0.25) is 4.79 Å². The summed E-state index contributed by atoms with van der Waals surface area (Å²) in [7, 11) is 0. The number of hydrogen-bond acceptors (Lipinski definition) is 8. The lowest BCUT2D eigenvalue weighted by Gasteiger charge is -2.40. The second-order valence-corrected chi connectivity index (χ2v) is 10.3. The van der Waals surface area contributed by atoms with Crippen LogP contribution in [0.1, 0.15) is 56.2 Å². The lowest BCUT2D eigenvalue weighted by atomic mass is 10.1. The number of amides is 2. The molecule has 4 heterocycles. The number of hydrogen-bond donors (Lipinski definition) is 1. The van der Waals surface area contributed by atoms with Gasteiger partial charge in [-0.2, -0.15) is 0 Å². The Hall–Kier alpha value is -3.89. The molecule has 1 N–H and O–H groups in total. The molecule has 1 saturated heterocycles. The van der Waals surface area contributed by atoms with Crippen LogP contribution in [-0.4, -0.2) is 74.4 Å². The fraction of sp³-hybridized carbons (Fsp3) is 0.500. The number of anilines is 2. The number of rotatable bonds is 5. The molecule has 0 aliphatic carbocycles. The van der Waals surface area contributed by atoms with Crippen LogP contribution >= 0.6 is 0 Å². The molecule has 37 heavy (non-hydrogen) atoms. The van der Waals surface area contributed by atoms with Crippen molar-refractivity contribution in [3.05, 3.63) is 41.3 Å². The van der Waals surface area contributed by atoms with Gasteiger partial charge in [-0.05, 0) is 60.1 Å². The van der Waals surface area contributed by atoms with Crippen molar-refractivity contribution >= 4 is 29.3 Å². The number of aromatic nitrogens is 4. The first-order valence-electron chi connectivity index (χ1n) is 12.5. The maximum absolute atomic E-state index is 13.1. The number of nitrogens with one attached hydrogen (secondary N) is 1. The van der Waals surface area contributed by atoms with Crippen molar-refractivity contribution in [3.63, 3.8) is 0 Å². The van der Waals surface area contributed by atoms with E-state index in [2.05, 4.69) is 25.4 Å². The van der Waals surface area contributed by atoms with Gasteiger partial charge in [-0.1, -0.05) is 0 Å². The maximum atomic E-state index is 13.1. The first-order valence-corrected chi connectivity index (χ1v) is 12.5. The van der Waals surface area contributed by atoms with Gasteiger partial charge in [0.05, 0.1) is 17.9 Å². The summed E-state index contributed by atoms with van der Waals surface area (Å²) in [5, 5.41) is 11.5. The van der Waals surface area contributed by atoms with Gasteiger partial charge < -0.3 is 29.0 Å². The lowest BCUT2D eigenvalue weighted by Crippen LogP contribution is -2.55. The Bertz CT molecular complexity index is 1310. The Kier molecular flexibility index (Phi) is 7.24. The maximum Gasteiger partial charge on any atom is 0.410 e. The van der Waals surface area contributed by atoms with Crippen LogP contribution in [0.3, 0.4) is 0 Å². The second kappa shape index (κ2) is 10.2. The highest BCUT2D eigenvalue weighted by atomic mass is 16.6. The Labute approximate surface area is 216 Å². The Morgan fingerprint density at radius 3 is 2.54 bits per heavy atom. The molecule has 2 amide bonds. The van der Waals surface area contributed by atoms with E-state index in [4.69, 9.17) is 9.47 Å². The molecule has 1 aliphatic heterocycles. The van der Waals surface area contributed by atoms with Crippen LogP contribution in [0.4, 0.5) is 16.4 Å². The van der Waals surface area contributed by atoms with E-state index in [9.17, 15) is 9.59 Å². The third kappa shape index (κ3) is 5.92. The van der Waals surface area contributed by atoms with E-state index in [1.54, 1.807) is 27.6 Å². The minimum absolute atomic E-state index is 0.0529. The molecule has 0 radical (unpaired) electrons. The van der Waals surface area contributed by atoms with E-state index in [-0.39, 0.29) is 18.0 Å². The quantitative estimate of drug-likeness (QED) is 0.552. The fourth-order valence-corrected chi connectivity index (χ4v) is 4.37. The van der Waals surface area contributed by atoms with Crippen molar-refractivity contribution < 1.29 is 19.1 Å².